The normalized spacial score (nSPS) is 19.1. The van der Waals surface area contributed by atoms with Gasteiger partial charge in [0.2, 0.25) is 0 Å². The lowest BCUT2D eigenvalue weighted by atomic mass is 9.78. The first-order valence-corrected chi connectivity index (χ1v) is 5.10. The third kappa shape index (κ3) is 1.20. The van der Waals surface area contributed by atoms with Crippen LogP contribution >= 0.6 is 0 Å². The zero-order valence-electron chi connectivity index (χ0n) is 8.16. The summed E-state index contributed by atoms with van der Waals surface area (Å²) in [7, 11) is 0. The molecule has 78 valence electrons. The van der Waals surface area contributed by atoms with Gasteiger partial charge in [0, 0.05) is 5.39 Å². The van der Waals surface area contributed by atoms with Gasteiger partial charge in [0.25, 0.3) is 0 Å². The number of para-hydroxylation sites is 1. The van der Waals surface area contributed by atoms with Gasteiger partial charge in [-0.1, -0.05) is 12.1 Å². The highest BCUT2D eigenvalue weighted by Gasteiger charge is 2.39. The van der Waals surface area contributed by atoms with E-state index < -0.39 is 5.60 Å². The lowest BCUT2D eigenvalue weighted by molar-refractivity contribution is -0.0556. The minimum Gasteiger partial charge on any atom is -0.455 e. The van der Waals surface area contributed by atoms with E-state index in [0.29, 0.717) is 24.0 Å². The highest BCUT2D eigenvalue weighted by atomic mass is 19.1. The molecular formula is C12H11FO2. The van der Waals surface area contributed by atoms with Crippen molar-refractivity contribution >= 4 is 11.0 Å². The summed E-state index contributed by atoms with van der Waals surface area (Å²) in [6.45, 7) is 0. The van der Waals surface area contributed by atoms with Crippen LogP contribution in [0, 0.1) is 5.82 Å². The van der Waals surface area contributed by atoms with Gasteiger partial charge in [0.05, 0.1) is 0 Å². The van der Waals surface area contributed by atoms with E-state index in [-0.39, 0.29) is 11.4 Å². The quantitative estimate of drug-likeness (QED) is 0.778. The van der Waals surface area contributed by atoms with Gasteiger partial charge in [-0.2, -0.15) is 0 Å². The van der Waals surface area contributed by atoms with Crippen LogP contribution < -0.4 is 0 Å². The van der Waals surface area contributed by atoms with Crippen molar-refractivity contribution in [1.29, 1.82) is 0 Å². The summed E-state index contributed by atoms with van der Waals surface area (Å²) >= 11 is 0. The second-order valence-corrected chi connectivity index (χ2v) is 4.15. The highest BCUT2D eigenvalue weighted by molar-refractivity contribution is 5.78. The van der Waals surface area contributed by atoms with E-state index >= 15 is 0 Å². The molecule has 1 aliphatic carbocycles. The van der Waals surface area contributed by atoms with Gasteiger partial charge in [-0.25, -0.2) is 4.39 Å². The second-order valence-electron chi connectivity index (χ2n) is 4.15. The van der Waals surface area contributed by atoms with Gasteiger partial charge in [-0.3, -0.25) is 0 Å². The molecule has 0 radical (unpaired) electrons. The Kier molecular flexibility index (Phi) is 1.68. The van der Waals surface area contributed by atoms with Crippen molar-refractivity contribution in [3.05, 3.63) is 35.8 Å². The number of hydrogen-bond acceptors (Lipinski definition) is 2. The Labute approximate surface area is 86.3 Å². The van der Waals surface area contributed by atoms with Gasteiger partial charge in [0.1, 0.15) is 11.4 Å². The number of hydrogen-bond donors (Lipinski definition) is 1. The predicted molar refractivity (Wildman–Crippen MR) is 53.9 cm³/mol. The summed E-state index contributed by atoms with van der Waals surface area (Å²) < 4.78 is 18.7. The minimum absolute atomic E-state index is 0.243. The average Bonchev–Trinajstić information content (AvgIpc) is 2.59. The molecule has 1 saturated carbocycles. The number of rotatable bonds is 1. The molecule has 15 heavy (non-hydrogen) atoms. The summed E-state index contributed by atoms with van der Waals surface area (Å²) in [5.41, 5.74) is -0.612. The van der Waals surface area contributed by atoms with Crippen LogP contribution in [-0.2, 0) is 5.60 Å². The second kappa shape index (κ2) is 2.83. The summed E-state index contributed by atoms with van der Waals surface area (Å²) in [5, 5.41) is 10.8. The van der Waals surface area contributed by atoms with Gasteiger partial charge in [-0.15, -0.1) is 0 Å². The first-order valence-electron chi connectivity index (χ1n) is 5.10. The SMILES string of the molecule is OC1(c2cc3cccc(F)c3o2)CCC1. The van der Waals surface area contributed by atoms with Crippen LogP contribution in [0.5, 0.6) is 0 Å². The van der Waals surface area contributed by atoms with E-state index in [4.69, 9.17) is 4.42 Å². The van der Waals surface area contributed by atoms with Crippen LogP contribution in [-0.4, -0.2) is 5.11 Å². The molecule has 1 fully saturated rings. The summed E-state index contributed by atoms with van der Waals surface area (Å²) in [6.07, 6.45) is 2.40. The first-order chi connectivity index (χ1) is 7.19. The average molecular weight is 206 g/mol. The Morgan fingerprint density at radius 2 is 2.13 bits per heavy atom. The van der Waals surface area contributed by atoms with Crippen LogP contribution in [0.1, 0.15) is 25.0 Å². The molecule has 0 amide bonds. The Bertz CT molecular complexity index is 511. The van der Waals surface area contributed by atoms with Crippen molar-refractivity contribution in [2.45, 2.75) is 24.9 Å². The Morgan fingerprint density at radius 3 is 2.73 bits per heavy atom. The molecule has 2 aromatic rings. The van der Waals surface area contributed by atoms with Crippen LogP contribution in [0.2, 0.25) is 0 Å². The monoisotopic (exact) mass is 206 g/mol. The summed E-state index contributed by atoms with van der Waals surface area (Å²) in [4.78, 5) is 0. The van der Waals surface area contributed by atoms with Gasteiger partial charge >= 0.3 is 0 Å². The van der Waals surface area contributed by atoms with Gasteiger partial charge < -0.3 is 9.52 Å². The van der Waals surface area contributed by atoms with Crippen molar-refractivity contribution in [2.24, 2.45) is 0 Å². The Morgan fingerprint density at radius 1 is 1.33 bits per heavy atom. The lowest BCUT2D eigenvalue weighted by Crippen LogP contribution is -2.32. The van der Waals surface area contributed by atoms with Crippen molar-refractivity contribution in [2.75, 3.05) is 0 Å². The van der Waals surface area contributed by atoms with E-state index in [0.717, 1.165) is 6.42 Å². The van der Waals surface area contributed by atoms with Crippen molar-refractivity contribution < 1.29 is 13.9 Å². The largest absolute Gasteiger partial charge is 0.455 e. The number of halogens is 1. The molecule has 0 saturated heterocycles. The van der Waals surface area contributed by atoms with Crippen molar-refractivity contribution in [3.63, 3.8) is 0 Å². The fourth-order valence-corrected chi connectivity index (χ4v) is 2.01. The van der Waals surface area contributed by atoms with Crippen LogP contribution in [0.15, 0.2) is 28.7 Å². The fourth-order valence-electron chi connectivity index (χ4n) is 2.01. The molecule has 3 heteroatoms. The standard InChI is InChI=1S/C12H11FO2/c13-9-4-1-3-8-7-10(15-11(8)9)12(14)5-2-6-12/h1,3-4,7,14H,2,5-6H2. The molecular weight excluding hydrogens is 195 g/mol. The van der Waals surface area contributed by atoms with E-state index in [2.05, 4.69) is 0 Å². The molecule has 0 bridgehead atoms. The molecule has 1 aromatic heterocycles. The molecule has 0 unspecified atom stereocenters. The third-order valence-corrected chi connectivity index (χ3v) is 3.14. The first kappa shape index (κ1) is 8.92. The molecule has 1 N–H and O–H groups in total. The van der Waals surface area contributed by atoms with Crippen molar-refractivity contribution in [1.82, 2.24) is 0 Å². The fraction of sp³-hybridized carbons (Fsp3) is 0.333. The number of benzene rings is 1. The maximum atomic E-state index is 13.3. The minimum atomic E-state index is -0.856. The number of furan rings is 1. The Hall–Kier alpha value is -1.35. The van der Waals surface area contributed by atoms with Crippen LogP contribution in [0.25, 0.3) is 11.0 Å². The predicted octanol–water partition coefficient (Wildman–Crippen LogP) is 2.94. The summed E-state index contributed by atoms with van der Waals surface area (Å²) in [6, 6.07) is 6.52. The molecule has 0 spiro atoms. The molecule has 0 atom stereocenters. The van der Waals surface area contributed by atoms with E-state index in [1.54, 1.807) is 18.2 Å². The maximum Gasteiger partial charge on any atom is 0.170 e. The smallest absolute Gasteiger partial charge is 0.170 e. The highest BCUT2D eigenvalue weighted by Crippen LogP contribution is 2.43. The van der Waals surface area contributed by atoms with E-state index in [1.165, 1.54) is 6.07 Å². The van der Waals surface area contributed by atoms with Gasteiger partial charge in [-0.05, 0) is 31.4 Å². The molecule has 3 rings (SSSR count). The lowest BCUT2D eigenvalue weighted by Gasteiger charge is -2.34. The summed E-state index contributed by atoms with van der Waals surface area (Å²) in [5.74, 6) is 0.121. The van der Waals surface area contributed by atoms with Crippen molar-refractivity contribution in [3.8, 4) is 0 Å². The number of aliphatic hydroxyl groups is 1. The molecule has 1 aromatic carbocycles. The topological polar surface area (TPSA) is 33.4 Å². The van der Waals surface area contributed by atoms with Crippen LogP contribution in [0.3, 0.4) is 0 Å². The maximum absolute atomic E-state index is 13.3. The van der Waals surface area contributed by atoms with Crippen LogP contribution in [0.4, 0.5) is 4.39 Å². The molecule has 0 aliphatic heterocycles. The zero-order chi connectivity index (χ0) is 10.5. The number of fused-ring (bicyclic) bond motifs is 1. The molecule has 1 heterocycles. The van der Waals surface area contributed by atoms with E-state index in [1.807, 2.05) is 0 Å². The zero-order valence-corrected chi connectivity index (χ0v) is 8.16. The Balaban J connectivity index is 2.18. The van der Waals surface area contributed by atoms with E-state index in [9.17, 15) is 9.50 Å². The molecule has 2 nitrogen and oxygen atoms in total. The third-order valence-electron chi connectivity index (χ3n) is 3.14. The molecule has 1 aliphatic rings. The van der Waals surface area contributed by atoms with Gasteiger partial charge in [0.15, 0.2) is 11.4 Å².